The average Bonchev–Trinajstić information content (AvgIpc) is 3.29. The lowest BCUT2D eigenvalue weighted by atomic mass is 9.73. The van der Waals surface area contributed by atoms with Crippen molar-refractivity contribution in [3.05, 3.63) is 230 Å². The van der Waals surface area contributed by atoms with Crippen molar-refractivity contribution in [3.8, 4) is 22.3 Å². The number of nitrogens with zero attached hydrogens (tertiary/aromatic N) is 2. The summed E-state index contributed by atoms with van der Waals surface area (Å²) in [6, 6.07) is 80.1. The van der Waals surface area contributed by atoms with E-state index in [0.717, 1.165) is 17.1 Å². The van der Waals surface area contributed by atoms with Crippen LogP contribution in [0.5, 0.6) is 0 Å². The molecule has 0 atom stereocenters. The summed E-state index contributed by atoms with van der Waals surface area (Å²) in [6.07, 6.45) is 0. The molecule has 0 saturated heterocycles. The monoisotopic (exact) mass is 754 g/mol. The third-order valence-electron chi connectivity index (χ3n) is 12.4. The first kappa shape index (κ1) is 34.8. The van der Waals surface area contributed by atoms with Crippen molar-refractivity contribution in [1.82, 2.24) is 0 Å². The molecule has 59 heavy (non-hydrogen) atoms. The van der Waals surface area contributed by atoms with Crippen LogP contribution in [-0.4, -0.2) is 0 Å². The number of anilines is 6. The Morgan fingerprint density at radius 1 is 0.356 bits per heavy atom. The van der Waals surface area contributed by atoms with Crippen molar-refractivity contribution < 1.29 is 0 Å². The standard InChI is InChI=1S/C57H42N2/c1-57(2)52-22-12-13-23-54(52)59(56-50-21-11-10-18-43(50)29-34-51(56)46-25-24-40-16-6-8-19-44(40)36-46)55-35-33-49(38-53(55)57)58(48-32-28-41-17-7-9-20-45(41)37-48)47-30-26-42(27-31-47)39-14-4-3-5-15-39/h3-38H,1-2H3. The van der Waals surface area contributed by atoms with Gasteiger partial charge in [0.25, 0.3) is 0 Å². The molecule has 1 aliphatic heterocycles. The molecule has 0 bridgehead atoms. The fraction of sp³-hybridized carbons (Fsp3) is 0.0526. The quantitative estimate of drug-likeness (QED) is 0.167. The first-order chi connectivity index (χ1) is 29.0. The van der Waals surface area contributed by atoms with Crippen LogP contribution >= 0.6 is 0 Å². The van der Waals surface area contributed by atoms with Crippen LogP contribution in [-0.2, 0) is 5.41 Å². The van der Waals surface area contributed by atoms with Crippen molar-refractivity contribution in [2.24, 2.45) is 0 Å². The summed E-state index contributed by atoms with van der Waals surface area (Å²) >= 11 is 0. The van der Waals surface area contributed by atoms with E-state index < -0.39 is 0 Å². The predicted octanol–water partition coefficient (Wildman–Crippen LogP) is 16.1. The second kappa shape index (κ2) is 13.9. The van der Waals surface area contributed by atoms with Crippen LogP contribution in [0.1, 0.15) is 25.0 Å². The molecule has 0 spiro atoms. The Kier molecular flexibility index (Phi) is 8.20. The van der Waals surface area contributed by atoms with Crippen molar-refractivity contribution in [2.75, 3.05) is 9.80 Å². The molecule has 1 aliphatic rings. The molecular formula is C57H42N2. The zero-order chi connectivity index (χ0) is 39.5. The minimum absolute atomic E-state index is 0.293. The largest absolute Gasteiger partial charge is 0.310 e. The van der Waals surface area contributed by atoms with Gasteiger partial charge >= 0.3 is 0 Å². The van der Waals surface area contributed by atoms with Gasteiger partial charge in [-0.2, -0.15) is 0 Å². The van der Waals surface area contributed by atoms with Crippen molar-refractivity contribution in [1.29, 1.82) is 0 Å². The van der Waals surface area contributed by atoms with Crippen LogP contribution in [0.25, 0.3) is 54.6 Å². The van der Waals surface area contributed by atoms with Gasteiger partial charge in [-0.25, -0.2) is 0 Å². The third-order valence-corrected chi connectivity index (χ3v) is 12.4. The maximum absolute atomic E-state index is 2.54. The molecular weight excluding hydrogens is 713 g/mol. The molecule has 0 radical (unpaired) electrons. The smallest absolute Gasteiger partial charge is 0.0618 e. The van der Waals surface area contributed by atoms with Gasteiger partial charge < -0.3 is 9.80 Å². The molecule has 10 aromatic carbocycles. The molecule has 1 heterocycles. The van der Waals surface area contributed by atoms with Crippen LogP contribution in [0.2, 0.25) is 0 Å². The molecule has 0 N–H and O–H groups in total. The fourth-order valence-corrected chi connectivity index (χ4v) is 9.35. The number of fused-ring (bicyclic) bond motifs is 5. The molecule has 0 unspecified atom stereocenters. The zero-order valence-corrected chi connectivity index (χ0v) is 33.2. The molecule has 0 saturated carbocycles. The Labute approximate surface area is 345 Å². The van der Waals surface area contributed by atoms with Gasteiger partial charge in [0, 0.05) is 33.4 Å². The highest BCUT2D eigenvalue weighted by Crippen LogP contribution is 2.56. The van der Waals surface area contributed by atoms with E-state index in [9.17, 15) is 0 Å². The minimum atomic E-state index is -0.293. The first-order valence-corrected chi connectivity index (χ1v) is 20.5. The van der Waals surface area contributed by atoms with Gasteiger partial charge in [0.1, 0.15) is 0 Å². The second-order valence-corrected chi connectivity index (χ2v) is 16.2. The second-order valence-electron chi connectivity index (χ2n) is 16.2. The number of benzene rings is 10. The SMILES string of the molecule is CC1(C)c2ccccc2N(c2c(-c3ccc4ccccc4c3)ccc3ccccc23)c2ccc(N(c3ccc(-c4ccccc4)cc3)c3ccc4ccccc4c3)cc21. The van der Waals surface area contributed by atoms with Crippen LogP contribution < -0.4 is 9.80 Å². The maximum atomic E-state index is 2.54. The number of rotatable bonds is 6. The molecule has 0 aromatic heterocycles. The minimum Gasteiger partial charge on any atom is -0.310 e. The summed E-state index contributed by atoms with van der Waals surface area (Å²) in [5, 5.41) is 7.36. The third kappa shape index (κ3) is 5.87. The Balaban J connectivity index is 1.14. The Morgan fingerprint density at radius 2 is 0.881 bits per heavy atom. The summed E-state index contributed by atoms with van der Waals surface area (Å²) in [6.45, 7) is 4.77. The number of hydrogen-bond donors (Lipinski definition) is 0. The highest BCUT2D eigenvalue weighted by molar-refractivity contribution is 6.08. The lowest BCUT2D eigenvalue weighted by molar-refractivity contribution is 0.632. The van der Waals surface area contributed by atoms with Gasteiger partial charge in [-0.3, -0.25) is 0 Å². The van der Waals surface area contributed by atoms with Crippen LogP contribution in [0.15, 0.2) is 218 Å². The van der Waals surface area contributed by atoms with E-state index in [0.29, 0.717) is 0 Å². The molecule has 0 aliphatic carbocycles. The Hall–Kier alpha value is -7.42. The summed E-state index contributed by atoms with van der Waals surface area (Å²) in [5.74, 6) is 0. The summed E-state index contributed by atoms with van der Waals surface area (Å²) < 4.78 is 0. The van der Waals surface area contributed by atoms with Gasteiger partial charge in [-0.05, 0) is 109 Å². The first-order valence-electron chi connectivity index (χ1n) is 20.5. The van der Waals surface area contributed by atoms with E-state index in [1.807, 2.05) is 0 Å². The van der Waals surface area contributed by atoms with E-state index in [1.165, 1.54) is 82.8 Å². The lowest BCUT2D eigenvalue weighted by Crippen LogP contribution is -2.31. The molecule has 280 valence electrons. The summed E-state index contributed by atoms with van der Waals surface area (Å²) in [4.78, 5) is 4.96. The van der Waals surface area contributed by atoms with Gasteiger partial charge in [0.2, 0.25) is 0 Å². The zero-order valence-electron chi connectivity index (χ0n) is 33.2. The van der Waals surface area contributed by atoms with E-state index in [4.69, 9.17) is 0 Å². The summed E-state index contributed by atoms with van der Waals surface area (Å²) in [5.41, 5.74) is 14.0. The van der Waals surface area contributed by atoms with E-state index in [-0.39, 0.29) is 5.41 Å². The highest BCUT2D eigenvalue weighted by atomic mass is 15.2. The molecule has 11 rings (SSSR count). The van der Waals surface area contributed by atoms with Gasteiger partial charge in [0.05, 0.1) is 17.1 Å². The van der Waals surface area contributed by atoms with Crippen molar-refractivity contribution in [2.45, 2.75) is 19.3 Å². The van der Waals surface area contributed by atoms with Crippen molar-refractivity contribution >= 4 is 66.4 Å². The molecule has 0 fully saturated rings. The molecule has 2 nitrogen and oxygen atoms in total. The van der Waals surface area contributed by atoms with Crippen molar-refractivity contribution in [3.63, 3.8) is 0 Å². The molecule has 0 amide bonds. The summed E-state index contributed by atoms with van der Waals surface area (Å²) in [7, 11) is 0. The van der Waals surface area contributed by atoms with Gasteiger partial charge in [-0.1, -0.05) is 178 Å². The normalized spacial score (nSPS) is 13.0. The Bertz CT molecular complexity index is 3200. The fourth-order valence-electron chi connectivity index (χ4n) is 9.35. The topological polar surface area (TPSA) is 6.48 Å². The van der Waals surface area contributed by atoms with E-state index in [2.05, 4.69) is 242 Å². The van der Waals surface area contributed by atoms with E-state index >= 15 is 0 Å². The number of para-hydroxylation sites is 1. The average molecular weight is 755 g/mol. The van der Waals surface area contributed by atoms with E-state index in [1.54, 1.807) is 0 Å². The van der Waals surface area contributed by atoms with Crippen LogP contribution in [0.4, 0.5) is 34.1 Å². The van der Waals surface area contributed by atoms with Crippen LogP contribution in [0, 0.1) is 0 Å². The van der Waals surface area contributed by atoms with Gasteiger partial charge in [0.15, 0.2) is 0 Å². The maximum Gasteiger partial charge on any atom is 0.0618 e. The number of hydrogen-bond acceptors (Lipinski definition) is 2. The lowest BCUT2D eigenvalue weighted by Gasteiger charge is -2.43. The van der Waals surface area contributed by atoms with Gasteiger partial charge in [-0.15, -0.1) is 0 Å². The molecule has 10 aromatic rings. The predicted molar refractivity (Wildman–Crippen MR) is 251 cm³/mol. The van der Waals surface area contributed by atoms with Crippen LogP contribution in [0.3, 0.4) is 0 Å². The highest BCUT2D eigenvalue weighted by Gasteiger charge is 2.38. The Morgan fingerprint density at radius 3 is 1.66 bits per heavy atom. The molecule has 2 heteroatoms.